The van der Waals surface area contributed by atoms with Crippen molar-refractivity contribution in [2.75, 3.05) is 13.1 Å². The molecule has 1 aromatic heterocycles. The van der Waals surface area contributed by atoms with Gasteiger partial charge in [-0.05, 0) is 30.6 Å². The number of imidazole rings is 1. The Morgan fingerprint density at radius 1 is 1.24 bits per heavy atom. The molecule has 0 radical (unpaired) electrons. The van der Waals surface area contributed by atoms with Crippen molar-refractivity contribution in [2.45, 2.75) is 19.9 Å². The summed E-state index contributed by atoms with van der Waals surface area (Å²) >= 11 is 0. The number of hydrogen-bond donors (Lipinski definition) is 1. The van der Waals surface area contributed by atoms with E-state index in [1.807, 2.05) is 18.7 Å². The van der Waals surface area contributed by atoms with Crippen LogP contribution in [0.1, 0.15) is 18.1 Å². The lowest BCUT2D eigenvalue weighted by Crippen LogP contribution is -2.17. The first-order chi connectivity index (χ1) is 8.40. The third-order valence-corrected chi connectivity index (χ3v) is 2.85. The number of hydrogen-bond acceptors (Lipinski definition) is 2. The Morgan fingerprint density at radius 2 is 2.06 bits per heavy atom. The highest BCUT2D eigenvalue weighted by molar-refractivity contribution is 5.27. The zero-order chi connectivity index (χ0) is 11.9. The van der Waals surface area contributed by atoms with Gasteiger partial charge in [0.25, 0.3) is 0 Å². The second-order valence-corrected chi connectivity index (χ2v) is 4.11. The maximum absolute atomic E-state index is 4.07. The van der Waals surface area contributed by atoms with Crippen LogP contribution in [0.3, 0.4) is 0 Å². The molecule has 3 nitrogen and oxygen atoms in total. The Bertz CT molecular complexity index is 434. The van der Waals surface area contributed by atoms with Gasteiger partial charge in [-0.15, -0.1) is 0 Å². The highest BCUT2D eigenvalue weighted by atomic mass is 15.0. The van der Waals surface area contributed by atoms with E-state index in [1.165, 1.54) is 11.1 Å². The molecule has 90 valence electrons. The molecule has 0 bridgehead atoms. The first-order valence-electron chi connectivity index (χ1n) is 6.13. The van der Waals surface area contributed by atoms with Gasteiger partial charge in [-0.3, -0.25) is 0 Å². The van der Waals surface area contributed by atoms with Gasteiger partial charge in [-0.2, -0.15) is 0 Å². The van der Waals surface area contributed by atoms with Crippen molar-refractivity contribution < 1.29 is 0 Å². The summed E-state index contributed by atoms with van der Waals surface area (Å²) in [6.45, 7) is 5.11. The van der Waals surface area contributed by atoms with Crippen LogP contribution in [0.5, 0.6) is 0 Å². The minimum Gasteiger partial charge on any atom is -0.333 e. The molecular formula is C14H19N3. The predicted molar refractivity (Wildman–Crippen MR) is 70.0 cm³/mol. The summed E-state index contributed by atoms with van der Waals surface area (Å²) in [5, 5.41) is 3.36. The number of benzene rings is 1. The van der Waals surface area contributed by atoms with Crippen LogP contribution in [0.15, 0.2) is 43.0 Å². The van der Waals surface area contributed by atoms with E-state index in [9.17, 15) is 0 Å². The molecule has 3 heteroatoms. The molecule has 0 saturated carbocycles. The second kappa shape index (κ2) is 6.21. The van der Waals surface area contributed by atoms with Crippen LogP contribution in [-0.2, 0) is 13.0 Å². The largest absolute Gasteiger partial charge is 0.333 e. The molecule has 0 spiro atoms. The van der Waals surface area contributed by atoms with Crippen molar-refractivity contribution >= 4 is 0 Å². The average molecular weight is 229 g/mol. The van der Waals surface area contributed by atoms with Crippen molar-refractivity contribution in [1.82, 2.24) is 14.9 Å². The van der Waals surface area contributed by atoms with E-state index >= 15 is 0 Å². The summed E-state index contributed by atoms with van der Waals surface area (Å²) in [7, 11) is 0. The van der Waals surface area contributed by atoms with Crippen molar-refractivity contribution in [3.63, 3.8) is 0 Å². The molecule has 0 aliphatic carbocycles. The summed E-state index contributed by atoms with van der Waals surface area (Å²) < 4.78 is 2.10. The Kier molecular flexibility index (Phi) is 4.33. The van der Waals surface area contributed by atoms with Crippen LogP contribution >= 0.6 is 0 Å². The van der Waals surface area contributed by atoms with Crippen LogP contribution < -0.4 is 5.32 Å². The Morgan fingerprint density at radius 3 is 2.76 bits per heavy atom. The summed E-state index contributed by atoms with van der Waals surface area (Å²) in [4.78, 5) is 4.07. The fraction of sp³-hybridized carbons (Fsp3) is 0.357. The SMILES string of the molecule is CCNCCc1ccccc1Cn1ccnc1. The maximum Gasteiger partial charge on any atom is 0.0949 e. The molecule has 0 fully saturated rings. The van der Waals surface area contributed by atoms with Crippen molar-refractivity contribution in [3.8, 4) is 0 Å². The lowest BCUT2D eigenvalue weighted by atomic mass is 10.0. The molecule has 1 heterocycles. The van der Waals surface area contributed by atoms with Gasteiger partial charge < -0.3 is 9.88 Å². The van der Waals surface area contributed by atoms with Crippen LogP contribution in [0.4, 0.5) is 0 Å². The average Bonchev–Trinajstić information content (AvgIpc) is 2.84. The molecule has 0 aliphatic heterocycles. The number of nitrogens with one attached hydrogen (secondary N) is 1. The van der Waals surface area contributed by atoms with E-state index in [1.54, 1.807) is 0 Å². The molecule has 0 saturated heterocycles. The number of rotatable bonds is 6. The van der Waals surface area contributed by atoms with E-state index < -0.39 is 0 Å². The third kappa shape index (κ3) is 3.43. The number of likely N-dealkylation sites (N-methyl/N-ethyl adjacent to an activating group) is 1. The lowest BCUT2D eigenvalue weighted by molar-refractivity contribution is 0.706. The van der Waals surface area contributed by atoms with Crippen molar-refractivity contribution in [3.05, 3.63) is 54.1 Å². The van der Waals surface area contributed by atoms with E-state index in [0.717, 1.165) is 26.1 Å². The van der Waals surface area contributed by atoms with Crippen molar-refractivity contribution in [1.29, 1.82) is 0 Å². The highest BCUT2D eigenvalue weighted by Crippen LogP contribution is 2.11. The van der Waals surface area contributed by atoms with Crippen LogP contribution in [0.2, 0.25) is 0 Å². The van der Waals surface area contributed by atoms with Gasteiger partial charge in [0, 0.05) is 18.9 Å². The van der Waals surface area contributed by atoms with Gasteiger partial charge in [-0.25, -0.2) is 4.98 Å². The lowest BCUT2D eigenvalue weighted by Gasteiger charge is -2.10. The van der Waals surface area contributed by atoms with E-state index in [0.29, 0.717) is 0 Å². The quantitative estimate of drug-likeness (QED) is 0.769. The first-order valence-corrected chi connectivity index (χ1v) is 6.13. The molecule has 2 aromatic rings. The normalized spacial score (nSPS) is 10.6. The smallest absolute Gasteiger partial charge is 0.0949 e. The molecule has 0 aliphatic rings. The van der Waals surface area contributed by atoms with Crippen molar-refractivity contribution in [2.24, 2.45) is 0 Å². The Balaban J connectivity index is 2.05. The monoisotopic (exact) mass is 229 g/mol. The topological polar surface area (TPSA) is 29.9 Å². The summed E-state index contributed by atoms with van der Waals surface area (Å²) in [6.07, 6.45) is 6.77. The van der Waals surface area contributed by atoms with E-state index in [4.69, 9.17) is 0 Å². The molecular weight excluding hydrogens is 210 g/mol. The van der Waals surface area contributed by atoms with Crippen LogP contribution in [0, 0.1) is 0 Å². The fourth-order valence-electron chi connectivity index (χ4n) is 1.93. The molecule has 17 heavy (non-hydrogen) atoms. The number of nitrogens with zero attached hydrogens (tertiary/aromatic N) is 2. The fourth-order valence-corrected chi connectivity index (χ4v) is 1.93. The molecule has 0 atom stereocenters. The van der Waals surface area contributed by atoms with E-state index in [2.05, 4.69) is 46.1 Å². The third-order valence-electron chi connectivity index (χ3n) is 2.85. The van der Waals surface area contributed by atoms with Crippen LogP contribution in [0.25, 0.3) is 0 Å². The van der Waals surface area contributed by atoms with Gasteiger partial charge >= 0.3 is 0 Å². The molecule has 0 unspecified atom stereocenters. The highest BCUT2D eigenvalue weighted by Gasteiger charge is 2.01. The Labute approximate surface area is 103 Å². The zero-order valence-corrected chi connectivity index (χ0v) is 10.3. The predicted octanol–water partition coefficient (Wildman–Crippen LogP) is 2.08. The summed E-state index contributed by atoms with van der Waals surface area (Å²) in [5.74, 6) is 0. The molecule has 1 aromatic carbocycles. The van der Waals surface area contributed by atoms with Crippen LogP contribution in [-0.4, -0.2) is 22.6 Å². The molecule has 2 rings (SSSR count). The van der Waals surface area contributed by atoms with E-state index in [-0.39, 0.29) is 0 Å². The van der Waals surface area contributed by atoms with Gasteiger partial charge in [0.15, 0.2) is 0 Å². The minimum atomic E-state index is 0.905. The van der Waals surface area contributed by atoms with Gasteiger partial charge in [0.1, 0.15) is 0 Å². The summed E-state index contributed by atoms with van der Waals surface area (Å²) in [6, 6.07) is 8.62. The summed E-state index contributed by atoms with van der Waals surface area (Å²) in [5.41, 5.74) is 2.80. The molecule has 1 N–H and O–H groups in total. The number of aromatic nitrogens is 2. The Hall–Kier alpha value is -1.61. The standard InChI is InChI=1S/C14H19N3/c1-2-15-8-7-13-5-3-4-6-14(13)11-17-10-9-16-12-17/h3-6,9-10,12,15H,2,7-8,11H2,1H3. The van der Waals surface area contributed by atoms with Gasteiger partial charge in [0.05, 0.1) is 6.33 Å². The zero-order valence-electron chi connectivity index (χ0n) is 10.3. The minimum absolute atomic E-state index is 0.905. The van der Waals surface area contributed by atoms with Gasteiger partial charge in [0.2, 0.25) is 0 Å². The van der Waals surface area contributed by atoms with Gasteiger partial charge in [-0.1, -0.05) is 31.2 Å². The maximum atomic E-state index is 4.07. The first kappa shape index (κ1) is 11.9. The molecule has 0 amide bonds. The second-order valence-electron chi connectivity index (χ2n) is 4.11.